The van der Waals surface area contributed by atoms with Crippen molar-refractivity contribution in [3.8, 4) is 0 Å². The molecular weight excluding hydrogens is 475 g/mol. The SMILES string of the molecule is CC(C)(C)NC(=O)C(Cc1ccccc1)N(Cc1ccc(F)cc1)C(=O)CCc1cccc2ccccc12. The Hall–Kier alpha value is -3.99. The lowest BCUT2D eigenvalue weighted by molar-refractivity contribution is -0.141. The lowest BCUT2D eigenvalue weighted by Crippen LogP contribution is -2.54. The van der Waals surface area contributed by atoms with Gasteiger partial charge < -0.3 is 10.2 Å². The van der Waals surface area contributed by atoms with Gasteiger partial charge in [0.15, 0.2) is 0 Å². The average molecular weight is 511 g/mol. The number of halogens is 1. The number of carbonyl (C=O) groups is 2. The van der Waals surface area contributed by atoms with Crippen molar-refractivity contribution in [1.82, 2.24) is 10.2 Å². The molecule has 196 valence electrons. The van der Waals surface area contributed by atoms with Crippen LogP contribution in [0.3, 0.4) is 0 Å². The van der Waals surface area contributed by atoms with Gasteiger partial charge in [0.2, 0.25) is 11.8 Å². The molecule has 4 rings (SSSR count). The number of hydrogen-bond acceptors (Lipinski definition) is 2. The first-order chi connectivity index (χ1) is 18.2. The van der Waals surface area contributed by atoms with E-state index in [9.17, 15) is 14.0 Å². The van der Waals surface area contributed by atoms with Crippen molar-refractivity contribution in [2.75, 3.05) is 0 Å². The summed E-state index contributed by atoms with van der Waals surface area (Å²) in [6.07, 6.45) is 1.19. The van der Waals surface area contributed by atoms with Gasteiger partial charge in [-0.3, -0.25) is 9.59 Å². The van der Waals surface area contributed by atoms with Crippen LogP contribution in [0.15, 0.2) is 97.1 Å². The minimum Gasteiger partial charge on any atom is -0.350 e. The van der Waals surface area contributed by atoms with E-state index in [4.69, 9.17) is 0 Å². The van der Waals surface area contributed by atoms with Crippen molar-refractivity contribution in [2.24, 2.45) is 0 Å². The zero-order valence-corrected chi connectivity index (χ0v) is 22.3. The highest BCUT2D eigenvalue weighted by atomic mass is 19.1. The molecular formula is C33H35FN2O2. The predicted molar refractivity (Wildman–Crippen MR) is 151 cm³/mol. The number of carbonyl (C=O) groups excluding carboxylic acids is 2. The molecule has 0 aliphatic heterocycles. The van der Waals surface area contributed by atoms with Crippen LogP contribution in [0.2, 0.25) is 0 Å². The first kappa shape index (κ1) is 27.1. The van der Waals surface area contributed by atoms with E-state index in [1.165, 1.54) is 12.1 Å². The van der Waals surface area contributed by atoms with Crippen LogP contribution >= 0.6 is 0 Å². The molecule has 0 aliphatic carbocycles. The van der Waals surface area contributed by atoms with E-state index in [2.05, 4.69) is 23.5 Å². The maximum Gasteiger partial charge on any atom is 0.243 e. The number of nitrogens with one attached hydrogen (secondary N) is 1. The van der Waals surface area contributed by atoms with Crippen LogP contribution in [0, 0.1) is 5.82 Å². The summed E-state index contributed by atoms with van der Waals surface area (Å²) in [6.45, 7) is 6.00. The summed E-state index contributed by atoms with van der Waals surface area (Å²) >= 11 is 0. The molecule has 1 atom stereocenters. The third-order valence-corrected chi connectivity index (χ3v) is 6.52. The number of nitrogens with zero attached hydrogens (tertiary/aromatic N) is 1. The summed E-state index contributed by atoms with van der Waals surface area (Å²) in [5, 5.41) is 5.33. The normalized spacial score (nSPS) is 12.2. The van der Waals surface area contributed by atoms with Crippen LogP contribution in [0.4, 0.5) is 4.39 Å². The number of fused-ring (bicyclic) bond motifs is 1. The fourth-order valence-corrected chi connectivity index (χ4v) is 4.69. The van der Waals surface area contributed by atoms with Gasteiger partial charge in [-0.15, -0.1) is 0 Å². The zero-order chi connectivity index (χ0) is 27.1. The Morgan fingerprint density at radius 1 is 0.816 bits per heavy atom. The van der Waals surface area contributed by atoms with Gasteiger partial charge in [-0.25, -0.2) is 4.39 Å². The third kappa shape index (κ3) is 7.28. The van der Waals surface area contributed by atoms with Gasteiger partial charge in [0.25, 0.3) is 0 Å². The van der Waals surface area contributed by atoms with E-state index in [-0.39, 0.29) is 30.6 Å². The van der Waals surface area contributed by atoms with Gasteiger partial charge in [0.1, 0.15) is 11.9 Å². The molecule has 0 aromatic heterocycles. The second-order valence-electron chi connectivity index (χ2n) is 10.7. The van der Waals surface area contributed by atoms with Gasteiger partial charge in [0, 0.05) is 24.9 Å². The fourth-order valence-electron chi connectivity index (χ4n) is 4.69. The smallest absolute Gasteiger partial charge is 0.243 e. The van der Waals surface area contributed by atoms with E-state index in [1.807, 2.05) is 75.4 Å². The zero-order valence-electron chi connectivity index (χ0n) is 22.3. The Balaban J connectivity index is 1.65. The molecule has 0 saturated heterocycles. The highest BCUT2D eigenvalue weighted by molar-refractivity contribution is 5.89. The summed E-state index contributed by atoms with van der Waals surface area (Å²) in [6, 6.07) is 29.4. The highest BCUT2D eigenvalue weighted by Gasteiger charge is 2.32. The number of benzene rings is 4. The molecule has 4 aromatic rings. The Kier molecular flexibility index (Phi) is 8.57. The maximum atomic E-state index is 13.9. The Labute approximate surface area is 224 Å². The van der Waals surface area contributed by atoms with E-state index < -0.39 is 11.6 Å². The van der Waals surface area contributed by atoms with Crippen molar-refractivity contribution in [2.45, 2.75) is 58.2 Å². The molecule has 4 aromatic carbocycles. The maximum absolute atomic E-state index is 13.9. The summed E-state index contributed by atoms with van der Waals surface area (Å²) in [5.74, 6) is -0.664. The monoisotopic (exact) mass is 510 g/mol. The van der Waals surface area contributed by atoms with Crippen LogP contribution < -0.4 is 5.32 Å². The Morgan fingerprint density at radius 3 is 2.18 bits per heavy atom. The second-order valence-corrected chi connectivity index (χ2v) is 10.7. The van der Waals surface area contributed by atoms with E-state index in [0.717, 1.165) is 27.5 Å². The molecule has 0 fully saturated rings. The lowest BCUT2D eigenvalue weighted by Gasteiger charge is -2.34. The molecule has 0 radical (unpaired) electrons. The molecule has 38 heavy (non-hydrogen) atoms. The standard InChI is InChI=1S/C33H35FN2O2/c1-33(2,3)35-32(38)30(22-24-10-5-4-6-11-24)36(23-25-16-19-28(34)20-17-25)31(37)21-18-27-14-9-13-26-12-7-8-15-29(26)27/h4-17,19-20,30H,18,21-23H2,1-3H3,(H,35,38). The van der Waals surface area contributed by atoms with Crippen LogP contribution in [0.25, 0.3) is 10.8 Å². The van der Waals surface area contributed by atoms with Gasteiger partial charge in [0.05, 0.1) is 0 Å². The van der Waals surface area contributed by atoms with Gasteiger partial charge in [-0.2, -0.15) is 0 Å². The number of rotatable bonds is 9. The summed E-state index contributed by atoms with van der Waals surface area (Å²) in [5.41, 5.74) is 2.37. The van der Waals surface area contributed by atoms with Crippen molar-refractivity contribution in [3.63, 3.8) is 0 Å². The fraction of sp³-hybridized carbons (Fsp3) is 0.273. The number of amides is 2. The Morgan fingerprint density at radius 2 is 1.47 bits per heavy atom. The van der Waals surface area contributed by atoms with Crippen LogP contribution in [-0.4, -0.2) is 28.3 Å². The molecule has 0 bridgehead atoms. The minimum atomic E-state index is -0.721. The van der Waals surface area contributed by atoms with Gasteiger partial charge in [-0.05, 0) is 66.8 Å². The van der Waals surface area contributed by atoms with E-state index in [1.54, 1.807) is 17.0 Å². The van der Waals surface area contributed by atoms with Crippen LogP contribution in [0.1, 0.15) is 43.9 Å². The number of hydrogen-bond donors (Lipinski definition) is 1. The first-order valence-electron chi connectivity index (χ1n) is 13.1. The molecule has 0 heterocycles. The molecule has 0 aliphatic rings. The second kappa shape index (κ2) is 12.0. The topological polar surface area (TPSA) is 49.4 Å². The molecule has 1 N–H and O–H groups in total. The largest absolute Gasteiger partial charge is 0.350 e. The highest BCUT2D eigenvalue weighted by Crippen LogP contribution is 2.22. The molecule has 5 heteroatoms. The van der Waals surface area contributed by atoms with Crippen LogP contribution in [0.5, 0.6) is 0 Å². The van der Waals surface area contributed by atoms with Crippen molar-refractivity contribution < 1.29 is 14.0 Å². The minimum absolute atomic E-state index is 0.118. The summed E-state index contributed by atoms with van der Waals surface area (Å²) in [4.78, 5) is 29.2. The first-order valence-corrected chi connectivity index (χ1v) is 13.1. The van der Waals surface area contributed by atoms with Gasteiger partial charge >= 0.3 is 0 Å². The van der Waals surface area contributed by atoms with E-state index in [0.29, 0.717) is 12.8 Å². The molecule has 1 unspecified atom stereocenters. The van der Waals surface area contributed by atoms with Crippen molar-refractivity contribution in [1.29, 1.82) is 0 Å². The number of aryl methyl sites for hydroxylation is 1. The van der Waals surface area contributed by atoms with Crippen LogP contribution in [-0.2, 0) is 29.0 Å². The lowest BCUT2D eigenvalue weighted by atomic mass is 9.98. The average Bonchev–Trinajstić information content (AvgIpc) is 2.90. The van der Waals surface area contributed by atoms with E-state index >= 15 is 0 Å². The molecule has 0 spiro atoms. The molecule has 0 saturated carbocycles. The Bertz CT molecular complexity index is 1370. The third-order valence-electron chi connectivity index (χ3n) is 6.52. The molecule has 2 amide bonds. The molecule has 4 nitrogen and oxygen atoms in total. The predicted octanol–water partition coefficient (Wildman–Crippen LogP) is 6.47. The quantitative estimate of drug-likeness (QED) is 0.281. The summed E-state index contributed by atoms with van der Waals surface area (Å²) < 4.78 is 13.6. The summed E-state index contributed by atoms with van der Waals surface area (Å²) in [7, 11) is 0. The van der Waals surface area contributed by atoms with Crippen molar-refractivity contribution >= 4 is 22.6 Å². The van der Waals surface area contributed by atoms with Crippen molar-refractivity contribution in [3.05, 3.63) is 120 Å². The van der Waals surface area contributed by atoms with Gasteiger partial charge in [-0.1, -0.05) is 84.9 Å².